The van der Waals surface area contributed by atoms with Crippen molar-refractivity contribution in [2.75, 3.05) is 0 Å². The fraction of sp³-hybridized carbons (Fsp3) is 0. The molecule has 0 aliphatic heterocycles. The van der Waals surface area contributed by atoms with Gasteiger partial charge in [0.2, 0.25) is 5.91 Å². The van der Waals surface area contributed by atoms with Crippen molar-refractivity contribution in [2.24, 2.45) is 5.73 Å². The second kappa shape index (κ2) is 22.4. The predicted octanol–water partition coefficient (Wildman–Crippen LogP) is -3.19. The maximum atomic E-state index is 10.8. The third kappa shape index (κ3) is 13.9. The molecule has 1 amide bonds. The summed E-state index contributed by atoms with van der Waals surface area (Å²) in [5.74, 6) is -0.416. The van der Waals surface area contributed by atoms with Crippen molar-refractivity contribution in [1.82, 2.24) is 19.9 Å². The largest absolute Gasteiger partial charge is 1.00 e. The number of H-pyrrole nitrogens is 2. The summed E-state index contributed by atoms with van der Waals surface area (Å²) in [6, 6.07) is 14.4. The monoisotopic (exact) mass is 695 g/mol. The number of rotatable bonds is 4. The number of primary amides is 1. The number of carbonyl (C=O) groups is 2. The Labute approximate surface area is 304 Å². The van der Waals surface area contributed by atoms with Crippen molar-refractivity contribution < 1.29 is 145 Å². The van der Waals surface area contributed by atoms with Crippen molar-refractivity contribution in [3.8, 4) is 22.5 Å². The number of benzene rings is 2. The summed E-state index contributed by atoms with van der Waals surface area (Å²) in [6.07, 6.45) is 6.72. The molecule has 2 aromatic carbocycles. The first-order valence-electron chi connectivity index (χ1n) is 8.66. The first kappa shape index (κ1) is 38.7. The van der Waals surface area contributed by atoms with Gasteiger partial charge in [0, 0.05) is 26.6 Å². The number of nitrogens with two attached hydrogens (primary N) is 1. The standard InChI is InChI=1S/C10H9N3O.C10H7N3.CH2O3.CH3.2K.W.H/c11-10(14)8-3-1-7(2-4-8)9-5-12-6-13-9;1-11-9-4-2-8(3-5-9)10-6-12-7-13-10;2-1-4-3;;;;;/h1-6H,(H2,11,14)(H,12,13);2-7H,(H,12,13);1,3H;1H3;;;;/q;;;-1;2*+1;;-1/p-1. The SMILES string of the molecule is NC(=O)c1ccc(-c2cnc[nH]2)cc1.O=CO[O-].[C-]#[N+]c1ccc(-c2cnc[nH]2)cc1.[CH3-].[H-].[K+].[K+].[W]. The molecule has 0 unspecified atom stereocenters. The van der Waals surface area contributed by atoms with Crippen molar-refractivity contribution in [2.45, 2.75) is 0 Å². The van der Waals surface area contributed by atoms with Gasteiger partial charge in [-0.15, -0.1) is 0 Å². The van der Waals surface area contributed by atoms with Crippen LogP contribution >= 0.6 is 0 Å². The minimum atomic E-state index is -0.416. The van der Waals surface area contributed by atoms with Crippen molar-refractivity contribution in [3.63, 3.8) is 0 Å². The average Bonchev–Trinajstić information content (AvgIpc) is 3.54. The Hall–Kier alpha value is -0.789. The molecule has 2 aromatic heterocycles. The smallest absolute Gasteiger partial charge is 1.00 e. The summed E-state index contributed by atoms with van der Waals surface area (Å²) in [5.41, 5.74) is 10.2. The number of aromatic nitrogens is 4. The Morgan fingerprint density at radius 3 is 1.66 bits per heavy atom. The van der Waals surface area contributed by atoms with Crippen LogP contribution in [0, 0.1) is 14.0 Å². The van der Waals surface area contributed by atoms with E-state index in [9.17, 15) is 4.79 Å². The van der Waals surface area contributed by atoms with Gasteiger partial charge in [-0.2, -0.15) is 0 Å². The van der Waals surface area contributed by atoms with E-state index in [2.05, 4.69) is 29.7 Å². The maximum Gasteiger partial charge on any atom is 1.00 e. The number of imidazole rings is 2. The zero-order valence-corrected chi connectivity index (χ0v) is 28.6. The molecule has 0 radical (unpaired) electrons. The summed E-state index contributed by atoms with van der Waals surface area (Å²) in [5, 5.41) is 8.43. The third-order valence-electron chi connectivity index (χ3n) is 3.82. The molecule has 0 fully saturated rings. The first-order chi connectivity index (χ1) is 15.1. The van der Waals surface area contributed by atoms with E-state index in [4.69, 9.17) is 22.4 Å². The summed E-state index contributed by atoms with van der Waals surface area (Å²) in [7, 11) is 0. The van der Waals surface area contributed by atoms with E-state index in [1.165, 1.54) is 0 Å². The van der Waals surface area contributed by atoms with E-state index >= 15 is 0 Å². The maximum absolute atomic E-state index is 10.8. The Balaban J connectivity index is -0.000000221. The molecule has 13 heteroatoms. The molecule has 0 atom stereocenters. The molecule has 0 aliphatic rings. The molecule has 4 aromatic rings. The topological polar surface area (TPSA) is 154 Å². The molecular formula is C22H21K2N6O4W-. The number of hydrogen-bond acceptors (Lipinski definition) is 6. The quantitative estimate of drug-likeness (QED) is 0.0673. The molecule has 4 rings (SSSR count). The van der Waals surface area contributed by atoms with Crippen LogP contribution in [0.1, 0.15) is 11.8 Å². The molecule has 0 bridgehead atoms. The van der Waals surface area contributed by atoms with Gasteiger partial charge in [0.1, 0.15) is 0 Å². The van der Waals surface area contributed by atoms with Crippen LogP contribution in [0.2, 0.25) is 0 Å². The van der Waals surface area contributed by atoms with Gasteiger partial charge in [0.25, 0.3) is 6.47 Å². The molecule has 0 saturated heterocycles. The zero-order valence-electron chi connectivity index (χ0n) is 20.5. The molecule has 0 aliphatic carbocycles. The average molecular weight is 695 g/mol. The van der Waals surface area contributed by atoms with Crippen LogP contribution < -0.4 is 114 Å². The normalized spacial score (nSPS) is 8.11. The molecule has 10 nitrogen and oxygen atoms in total. The molecule has 4 N–H and O–H groups in total. The van der Waals surface area contributed by atoms with E-state index in [0.29, 0.717) is 11.3 Å². The number of hydrogen-bond donors (Lipinski definition) is 3. The van der Waals surface area contributed by atoms with Gasteiger partial charge >= 0.3 is 103 Å². The second-order valence-corrected chi connectivity index (χ2v) is 5.72. The van der Waals surface area contributed by atoms with Crippen LogP contribution in [0.25, 0.3) is 27.4 Å². The Morgan fingerprint density at radius 2 is 1.37 bits per heavy atom. The van der Waals surface area contributed by atoms with E-state index in [-0.39, 0.29) is 139 Å². The fourth-order valence-corrected chi connectivity index (χ4v) is 2.36. The zero-order chi connectivity index (χ0) is 22.5. The summed E-state index contributed by atoms with van der Waals surface area (Å²) in [6.45, 7) is 6.61. The van der Waals surface area contributed by atoms with Gasteiger partial charge < -0.3 is 34.7 Å². The van der Waals surface area contributed by atoms with Gasteiger partial charge in [-0.3, -0.25) is 9.59 Å². The number of nitrogens with one attached hydrogen (secondary N) is 2. The molecular weight excluding hydrogens is 674 g/mol. The van der Waals surface area contributed by atoms with Crippen molar-refractivity contribution >= 4 is 18.1 Å². The Kier molecular flexibility index (Phi) is 24.8. The van der Waals surface area contributed by atoms with Crippen LogP contribution in [-0.2, 0) is 30.7 Å². The number of amides is 1. The van der Waals surface area contributed by atoms with Crippen molar-refractivity contribution in [1.29, 1.82) is 0 Å². The van der Waals surface area contributed by atoms with Crippen molar-refractivity contribution in [3.05, 3.63) is 98.0 Å². The molecule has 2 heterocycles. The molecule has 35 heavy (non-hydrogen) atoms. The van der Waals surface area contributed by atoms with Gasteiger partial charge in [-0.05, 0) is 23.3 Å². The number of aromatic amines is 2. The summed E-state index contributed by atoms with van der Waals surface area (Å²) < 4.78 is 0. The van der Waals surface area contributed by atoms with Gasteiger partial charge in [0.05, 0.1) is 43.0 Å². The van der Waals surface area contributed by atoms with E-state index in [1.54, 1.807) is 49.3 Å². The molecule has 172 valence electrons. The van der Waals surface area contributed by atoms with Crippen LogP contribution in [0.15, 0.2) is 73.6 Å². The summed E-state index contributed by atoms with van der Waals surface area (Å²) in [4.78, 5) is 39.2. The van der Waals surface area contributed by atoms with Crippen LogP contribution in [0.3, 0.4) is 0 Å². The summed E-state index contributed by atoms with van der Waals surface area (Å²) >= 11 is 0. The Bertz CT molecular complexity index is 1130. The van der Waals surface area contributed by atoms with E-state index < -0.39 is 5.91 Å². The Morgan fingerprint density at radius 1 is 0.971 bits per heavy atom. The van der Waals surface area contributed by atoms with Gasteiger partial charge in [-0.25, -0.2) is 14.8 Å². The van der Waals surface area contributed by atoms with Gasteiger partial charge in [-0.1, -0.05) is 36.4 Å². The fourth-order valence-electron chi connectivity index (χ4n) is 2.36. The molecule has 0 spiro atoms. The van der Waals surface area contributed by atoms with Gasteiger partial charge in [0.15, 0.2) is 5.69 Å². The minimum Gasteiger partial charge on any atom is -1.00 e. The third-order valence-corrected chi connectivity index (χ3v) is 3.82. The second-order valence-electron chi connectivity index (χ2n) is 5.72. The molecule has 0 saturated carbocycles. The van der Waals surface area contributed by atoms with Crippen LogP contribution in [-0.4, -0.2) is 32.3 Å². The van der Waals surface area contributed by atoms with E-state index in [0.717, 1.165) is 22.5 Å². The van der Waals surface area contributed by atoms with Crippen LogP contribution in [0.4, 0.5) is 5.69 Å². The number of nitrogens with zero attached hydrogens (tertiary/aromatic N) is 3. The number of carbonyl (C=O) groups excluding carboxylic acids is 2. The first-order valence-corrected chi connectivity index (χ1v) is 8.66. The van der Waals surface area contributed by atoms with Crippen LogP contribution in [0.5, 0.6) is 0 Å². The van der Waals surface area contributed by atoms with E-state index in [1.807, 2.05) is 24.3 Å². The predicted molar refractivity (Wildman–Crippen MR) is 118 cm³/mol. The minimum absolute atomic E-state index is 0.